The van der Waals surface area contributed by atoms with Gasteiger partial charge in [0, 0.05) is 5.92 Å². The number of hydrogen-bond donors (Lipinski definition) is 0. The molecule has 0 unspecified atom stereocenters. The molecule has 70 valence electrons. The largest absolute Gasteiger partial charge is 1.00 e. The molecule has 0 aliphatic heterocycles. The first-order valence-electron chi connectivity index (χ1n) is 4.95. The first kappa shape index (κ1) is 13.1. The Bertz CT molecular complexity index is 153. The van der Waals surface area contributed by atoms with E-state index in [-0.39, 0.29) is 36.7 Å². The average molecular weight is 175 g/mol. The Morgan fingerprint density at radius 2 is 1.77 bits per heavy atom. The first-order chi connectivity index (χ1) is 5.70. The number of carbonyl (C=O) groups is 1. The Balaban J connectivity index is 0.00000144. The minimum Gasteiger partial charge on any atom is -0.651 e. The summed E-state index contributed by atoms with van der Waals surface area (Å²) in [4.78, 5) is 11.4. The smallest absolute Gasteiger partial charge is 0.651 e. The average Bonchev–Trinajstić information content (AvgIpc) is 2.05. The van der Waals surface area contributed by atoms with E-state index in [0.717, 1.165) is 12.8 Å². The third-order valence-corrected chi connectivity index (χ3v) is 2.34. The van der Waals surface area contributed by atoms with Crippen molar-refractivity contribution < 1.29 is 23.7 Å². The zero-order valence-corrected chi connectivity index (χ0v) is 9.05. The second kappa shape index (κ2) is 6.51. The molecule has 0 atom stereocenters. The van der Waals surface area contributed by atoms with Crippen LogP contribution in [-0.2, 0) is 4.79 Å². The Kier molecular flexibility index (Phi) is 6.54. The van der Waals surface area contributed by atoms with Crippen molar-refractivity contribution in [1.29, 1.82) is 0 Å². The number of hydrogen-bond acceptors (Lipinski definition) is 1. The van der Waals surface area contributed by atoms with Gasteiger partial charge in [-0.15, -0.1) is 6.04 Å². The molecule has 0 aromatic carbocycles. The van der Waals surface area contributed by atoms with E-state index in [1.807, 2.05) is 13.8 Å². The SMILES string of the molecule is CC(C)[N-]C(=O)C1CCCCC1.[Li+]. The van der Waals surface area contributed by atoms with Crippen molar-refractivity contribution in [3.8, 4) is 0 Å². The van der Waals surface area contributed by atoms with Gasteiger partial charge in [0.25, 0.3) is 0 Å². The Hall–Kier alpha value is 0.0674. The van der Waals surface area contributed by atoms with Crippen molar-refractivity contribution in [2.45, 2.75) is 52.0 Å². The standard InChI is InChI=1S/C10H19NO.Li/c1-8(2)11-10(12)9-6-4-3-5-7-9;/h8-9H,3-7H2,1-2H3,(H,11,12);/q;+1/p-1. The molecule has 0 N–H and O–H groups in total. The van der Waals surface area contributed by atoms with Crippen molar-refractivity contribution in [3.63, 3.8) is 0 Å². The molecule has 1 rings (SSSR count). The molecule has 1 amide bonds. The molecule has 1 aliphatic rings. The number of rotatable bonds is 2. The van der Waals surface area contributed by atoms with E-state index in [9.17, 15) is 4.79 Å². The van der Waals surface area contributed by atoms with Crippen molar-refractivity contribution in [2.75, 3.05) is 0 Å². The van der Waals surface area contributed by atoms with Crippen LogP contribution in [0.5, 0.6) is 0 Å². The van der Waals surface area contributed by atoms with Gasteiger partial charge < -0.3 is 10.1 Å². The first-order valence-corrected chi connectivity index (χ1v) is 4.95. The van der Waals surface area contributed by atoms with Crippen LogP contribution in [0.25, 0.3) is 5.32 Å². The van der Waals surface area contributed by atoms with E-state index in [1.165, 1.54) is 19.3 Å². The summed E-state index contributed by atoms with van der Waals surface area (Å²) < 4.78 is 0. The van der Waals surface area contributed by atoms with Gasteiger partial charge in [-0.2, -0.15) is 0 Å². The van der Waals surface area contributed by atoms with Crippen LogP contribution in [0.4, 0.5) is 0 Å². The number of carbonyl (C=O) groups excluding carboxylic acids is 1. The van der Waals surface area contributed by atoms with E-state index in [4.69, 9.17) is 0 Å². The molecule has 0 aromatic heterocycles. The molecule has 0 heterocycles. The van der Waals surface area contributed by atoms with Crippen LogP contribution in [0.3, 0.4) is 0 Å². The molecule has 0 saturated heterocycles. The van der Waals surface area contributed by atoms with Crippen LogP contribution in [0.15, 0.2) is 0 Å². The second-order valence-electron chi connectivity index (χ2n) is 3.90. The van der Waals surface area contributed by atoms with Gasteiger partial charge in [0.15, 0.2) is 0 Å². The third kappa shape index (κ3) is 4.74. The van der Waals surface area contributed by atoms with Crippen LogP contribution < -0.4 is 18.9 Å². The Morgan fingerprint density at radius 3 is 2.23 bits per heavy atom. The fourth-order valence-electron chi connectivity index (χ4n) is 1.71. The molecular weight excluding hydrogens is 157 g/mol. The van der Waals surface area contributed by atoms with Crippen LogP contribution in [0.1, 0.15) is 46.0 Å². The molecule has 0 spiro atoms. The van der Waals surface area contributed by atoms with Crippen LogP contribution >= 0.6 is 0 Å². The minimum absolute atomic E-state index is 0. The van der Waals surface area contributed by atoms with Gasteiger partial charge >= 0.3 is 18.9 Å². The predicted molar refractivity (Wildman–Crippen MR) is 50.1 cm³/mol. The summed E-state index contributed by atoms with van der Waals surface area (Å²) in [6, 6.07) is 0.166. The summed E-state index contributed by atoms with van der Waals surface area (Å²) in [7, 11) is 0. The Morgan fingerprint density at radius 1 is 1.23 bits per heavy atom. The van der Waals surface area contributed by atoms with E-state index in [0.29, 0.717) is 0 Å². The summed E-state index contributed by atoms with van der Waals surface area (Å²) in [5.41, 5.74) is 0. The number of nitrogens with zero attached hydrogens (tertiary/aromatic N) is 1. The van der Waals surface area contributed by atoms with Crippen LogP contribution in [0, 0.1) is 5.92 Å². The van der Waals surface area contributed by atoms with Gasteiger partial charge in [-0.25, -0.2) is 0 Å². The zero-order valence-electron chi connectivity index (χ0n) is 9.05. The fourth-order valence-corrected chi connectivity index (χ4v) is 1.71. The zero-order chi connectivity index (χ0) is 8.97. The van der Waals surface area contributed by atoms with Crippen LogP contribution in [0.2, 0.25) is 0 Å². The molecule has 1 saturated carbocycles. The summed E-state index contributed by atoms with van der Waals surface area (Å²) in [6.45, 7) is 3.92. The number of amides is 1. The van der Waals surface area contributed by atoms with E-state index >= 15 is 0 Å². The van der Waals surface area contributed by atoms with E-state index in [2.05, 4.69) is 5.32 Å². The quantitative estimate of drug-likeness (QED) is 0.538. The summed E-state index contributed by atoms with van der Waals surface area (Å²) in [5.74, 6) is 0.394. The van der Waals surface area contributed by atoms with Gasteiger partial charge in [0.2, 0.25) is 0 Å². The molecule has 1 aliphatic carbocycles. The van der Waals surface area contributed by atoms with E-state index in [1.54, 1.807) is 0 Å². The minimum atomic E-state index is 0. The van der Waals surface area contributed by atoms with Gasteiger partial charge in [-0.3, -0.25) is 0 Å². The maximum Gasteiger partial charge on any atom is 1.00 e. The maximum atomic E-state index is 11.4. The Labute approximate surface area is 93.0 Å². The molecule has 0 radical (unpaired) electrons. The fraction of sp³-hybridized carbons (Fsp3) is 0.900. The summed E-state index contributed by atoms with van der Waals surface area (Å²) in [6.07, 6.45) is 5.85. The van der Waals surface area contributed by atoms with Crippen molar-refractivity contribution in [3.05, 3.63) is 5.32 Å². The van der Waals surface area contributed by atoms with Gasteiger partial charge in [-0.05, 0) is 12.8 Å². The van der Waals surface area contributed by atoms with E-state index < -0.39 is 0 Å². The van der Waals surface area contributed by atoms with Gasteiger partial charge in [0.1, 0.15) is 0 Å². The molecule has 0 aromatic rings. The van der Waals surface area contributed by atoms with Gasteiger partial charge in [0.05, 0.1) is 5.91 Å². The van der Waals surface area contributed by atoms with Crippen molar-refractivity contribution in [1.82, 2.24) is 0 Å². The molecule has 3 heteroatoms. The third-order valence-electron chi connectivity index (χ3n) is 2.34. The van der Waals surface area contributed by atoms with Crippen LogP contribution in [-0.4, -0.2) is 11.9 Å². The second-order valence-corrected chi connectivity index (χ2v) is 3.90. The molecule has 13 heavy (non-hydrogen) atoms. The summed E-state index contributed by atoms with van der Waals surface area (Å²) >= 11 is 0. The monoisotopic (exact) mass is 175 g/mol. The normalized spacial score (nSPS) is 18.1. The molecule has 0 bridgehead atoms. The van der Waals surface area contributed by atoms with Gasteiger partial charge in [-0.1, -0.05) is 33.1 Å². The topological polar surface area (TPSA) is 31.2 Å². The maximum absolute atomic E-state index is 11.4. The van der Waals surface area contributed by atoms with Crippen molar-refractivity contribution in [2.24, 2.45) is 5.92 Å². The molecule has 1 fully saturated rings. The van der Waals surface area contributed by atoms with Crippen molar-refractivity contribution >= 4 is 5.91 Å². The molecule has 2 nitrogen and oxygen atoms in total. The summed E-state index contributed by atoms with van der Waals surface area (Å²) in [5, 5.41) is 4.06. The predicted octanol–water partition coefficient (Wildman–Crippen LogP) is -0.121. The molecular formula is C10H18LiNO.